The highest BCUT2D eigenvalue weighted by atomic mass is 15.2. The van der Waals surface area contributed by atoms with Gasteiger partial charge in [0.25, 0.3) is 0 Å². The summed E-state index contributed by atoms with van der Waals surface area (Å²) in [5, 5.41) is 2.36. The summed E-state index contributed by atoms with van der Waals surface area (Å²) in [6.45, 7) is 0. The van der Waals surface area contributed by atoms with Crippen molar-refractivity contribution < 1.29 is 0 Å². The van der Waals surface area contributed by atoms with Crippen molar-refractivity contribution in [3.05, 3.63) is 218 Å². The van der Waals surface area contributed by atoms with Gasteiger partial charge in [-0.1, -0.05) is 152 Å². The third kappa shape index (κ3) is 5.38. The van der Waals surface area contributed by atoms with E-state index in [1.807, 2.05) is 12.3 Å². The Balaban J connectivity index is 0.947. The Kier molecular flexibility index (Phi) is 7.59. The van der Waals surface area contributed by atoms with Gasteiger partial charge in [-0.05, 0) is 87.5 Å². The molecule has 2 aromatic heterocycles. The molecule has 0 saturated carbocycles. The molecule has 0 radical (unpaired) electrons. The van der Waals surface area contributed by atoms with Crippen LogP contribution in [0.3, 0.4) is 0 Å². The number of anilines is 2. The third-order valence-corrected chi connectivity index (χ3v) is 11.4. The maximum absolute atomic E-state index is 5.20. The van der Waals surface area contributed by atoms with Crippen LogP contribution in [0.4, 0.5) is 11.4 Å². The fourth-order valence-electron chi connectivity index (χ4n) is 8.76. The zero-order valence-corrected chi connectivity index (χ0v) is 30.6. The first-order valence-electron chi connectivity index (χ1n) is 19.2. The van der Waals surface area contributed by atoms with Gasteiger partial charge in [0.1, 0.15) is 0 Å². The zero-order valence-electron chi connectivity index (χ0n) is 30.6. The lowest BCUT2D eigenvalue weighted by Gasteiger charge is -2.29. The predicted molar refractivity (Wildman–Crippen MR) is 231 cm³/mol. The Labute approximate surface area is 326 Å². The summed E-state index contributed by atoms with van der Waals surface area (Å²) < 4.78 is 2.20. The van der Waals surface area contributed by atoms with Crippen molar-refractivity contribution in [3.8, 4) is 39.5 Å². The smallest absolute Gasteiger partial charge is 0.235 e. The third-order valence-electron chi connectivity index (χ3n) is 11.4. The van der Waals surface area contributed by atoms with Crippen molar-refractivity contribution in [2.45, 2.75) is 12.0 Å². The van der Waals surface area contributed by atoms with E-state index in [9.17, 15) is 0 Å². The molecule has 11 rings (SSSR count). The van der Waals surface area contributed by atoms with Gasteiger partial charge in [-0.2, -0.15) is 0 Å². The molecule has 0 saturated heterocycles. The monoisotopic (exact) mass is 716 g/mol. The van der Waals surface area contributed by atoms with E-state index < -0.39 is 0 Å². The first-order valence-corrected chi connectivity index (χ1v) is 19.2. The van der Waals surface area contributed by atoms with Gasteiger partial charge in [-0.15, -0.1) is 0 Å². The lowest BCUT2D eigenvalue weighted by atomic mass is 9.86. The molecule has 56 heavy (non-hydrogen) atoms. The standard InChI is InChI=1S/C52H36N4/c1-3-12-35(13-4-1)36-22-24-37(25-23-36)38-14-11-15-41(32-38)47-30-31-53-52(54-47)56-49-21-10-8-19-44(49)46-34-40(27-29-51(46)56)39-26-28-50-45(33-39)43-18-7-9-20-48(43)55(50)42-16-5-2-6-17-42/h1-34,45,50H. The first kappa shape index (κ1) is 32.2. The molecule has 9 aromatic rings. The van der Waals surface area contributed by atoms with Gasteiger partial charge in [0.2, 0.25) is 5.95 Å². The minimum atomic E-state index is 0.231. The summed E-state index contributed by atoms with van der Waals surface area (Å²) in [6, 6.07) is 65.1. The Morgan fingerprint density at radius 2 is 1.14 bits per heavy atom. The van der Waals surface area contributed by atoms with Crippen molar-refractivity contribution in [1.29, 1.82) is 0 Å². The average Bonchev–Trinajstić information content (AvgIpc) is 3.79. The molecule has 0 bridgehead atoms. The Morgan fingerprint density at radius 1 is 0.482 bits per heavy atom. The minimum absolute atomic E-state index is 0.231. The topological polar surface area (TPSA) is 34.0 Å². The molecule has 0 amide bonds. The van der Waals surface area contributed by atoms with Crippen molar-refractivity contribution in [3.63, 3.8) is 0 Å². The van der Waals surface area contributed by atoms with Crippen LogP contribution in [0.1, 0.15) is 17.0 Å². The maximum atomic E-state index is 5.20. The van der Waals surface area contributed by atoms with E-state index in [-0.39, 0.29) is 12.0 Å². The number of fused-ring (bicyclic) bond motifs is 6. The summed E-state index contributed by atoms with van der Waals surface area (Å²) in [7, 11) is 0. The van der Waals surface area contributed by atoms with Crippen LogP contribution in [-0.4, -0.2) is 20.6 Å². The van der Waals surface area contributed by atoms with Crippen LogP contribution in [0.25, 0.3) is 66.8 Å². The molecule has 0 fully saturated rings. The lowest BCUT2D eigenvalue weighted by molar-refractivity contribution is 0.747. The van der Waals surface area contributed by atoms with Gasteiger partial charge in [-0.25, -0.2) is 9.97 Å². The van der Waals surface area contributed by atoms with Crippen LogP contribution < -0.4 is 4.90 Å². The van der Waals surface area contributed by atoms with E-state index in [0.717, 1.165) is 27.9 Å². The number of allylic oxidation sites excluding steroid dienone is 2. The molecule has 1 aliphatic carbocycles. The molecular weight excluding hydrogens is 681 g/mol. The zero-order chi connectivity index (χ0) is 37.0. The Hall–Kier alpha value is -7.30. The summed E-state index contributed by atoms with van der Waals surface area (Å²) >= 11 is 0. The van der Waals surface area contributed by atoms with Gasteiger partial charge in [0.15, 0.2) is 0 Å². The molecule has 2 aliphatic rings. The number of benzene rings is 7. The molecule has 4 heteroatoms. The number of para-hydroxylation sites is 3. The van der Waals surface area contributed by atoms with E-state index in [1.165, 1.54) is 55.5 Å². The van der Waals surface area contributed by atoms with Crippen LogP contribution in [0.5, 0.6) is 0 Å². The van der Waals surface area contributed by atoms with Gasteiger partial charge in [0, 0.05) is 39.8 Å². The second kappa shape index (κ2) is 13.2. The van der Waals surface area contributed by atoms with Crippen LogP contribution in [0.2, 0.25) is 0 Å². The van der Waals surface area contributed by atoms with E-state index in [0.29, 0.717) is 5.95 Å². The van der Waals surface area contributed by atoms with E-state index in [4.69, 9.17) is 9.97 Å². The van der Waals surface area contributed by atoms with E-state index in [1.54, 1.807) is 0 Å². The Bertz CT molecular complexity index is 2980. The quantitative estimate of drug-likeness (QED) is 0.172. The van der Waals surface area contributed by atoms with Crippen molar-refractivity contribution in [2.75, 3.05) is 4.90 Å². The molecule has 1 aliphatic heterocycles. The van der Waals surface area contributed by atoms with E-state index in [2.05, 4.69) is 204 Å². The normalized spacial score (nSPS) is 15.9. The number of rotatable bonds is 6. The molecule has 264 valence electrons. The van der Waals surface area contributed by atoms with Crippen LogP contribution in [-0.2, 0) is 0 Å². The molecule has 2 atom stereocenters. The molecule has 2 unspecified atom stereocenters. The lowest BCUT2D eigenvalue weighted by Crippen LogP contribution is -2.28. The highest BCUT2D eigenvalue weighted by Crippen LogP contribution is 2.49. The number of hydrogen-bond acceptors (Lipinski definition) is 3. The number of nitrogens with zero attached hydrogens (tertiary/aromatic N) is 4. The largest absolute Gasteiger partial charge is 0.333 e. The summed E-state index contributed by atoms with van der Waals surface area (Å²) in [6.07, 6.45) is 9.03. The molecule has 4 nitrogen and oxygen atoms in total. The van der Waals surface area contributed by atoms with E-state index >= 15 is 0 Å². The predicted octanol–water partition coefficient (Wildman–Crippen LogP) is 12.8. The van der Waals surface area contributed by atoms with Crippen LogP contribution in [0.15, 0.2) is 206 Å². The van der Waals surface area contributed by atoms with Gasteiger partial charge < -0.3 is 4.90 Å². The fraction of sp³-hybridized carbons (Fsp3) is 0.0385. The van der Waals surface area contributed by atoms with Crippen LogP contribution >= 0.6 is 0 Å². The van der Waals surface area contributed by atoms with Gasteiger partial charge in [0.05, 0.1) is 22.8 Å². The van der Waals surface area contributed by atoms with Crippen molar-refractivity contribution >= 4 is 38.8 Å². The molecule has 7 aromatic carbocycles. The Morgan fingerprint density at radius 3 is 2.00 bits per heavy atom. The number of aromatic nitrogens is 3. The minimum Gasteiger partial charge on any atom is -0.333 e. The summed E-state index contributed by atoms with van der Waals surface area (Å²) in [5.74, 6) is 0.911. The highest BCUT2D eigenvalue weighted by molar-refractivity contribution is 6.10. The van der Waals surface area contributed by atoms with Crippen LogP contribution in [0, 0.1) is 0 Å². The first-order chi connectivity index (χ1) is 27.8. The summed E-state index contributed by atoms with van der Waals surface area (Å²) in [5.41, 5.74) is 15.1. The van der Waals surface area contributed by atoms with Crippen molar-refractivity contribution in [2.24, 2.45) is 0 Å². The van der Waals surface area contributed by atoms with Crippen molar-refractivity contribution in [1.82, 2.24) is 14.5 Å². The number of hydrogen-bond donors (Lipinski definition) is 0. The SMILES string of the molecule is C1=CC2C(C=C1c1ccc3c(c1)c1ccccc1n3-c1nccc(-c3cccc(-c4ccc(-c5ccccc5)cc4)c3)n1)c1ccccc1N2c1ccccc1. The molecular formula is C52H36N4. The molecule has 0 N–H and O–H groups in total. The van der Waals surface area contributed by atoms with Gasteiger partial charge in [-0.3, -0.25) is 4.57 Å². The second-order valence-electron chi connectivity index (χ2n) is 14.6. The highest BCUT2D eigenvalue weighted by Gasteiger charge is 2.38. The van der Waals surface area contributed by atoms with Gasteiger partial charge >= 0.3 is 0 Å². The fourth-order valence-corrected chi connectivity index (χ4v) is 8.76. The average molecular weight is 717 g/mol. The second-order valence-corrected chi connectivity index (χ2v) is 14.6. The maximum Gasteiger partial charge on any atom is 0.235 e. The molecule has 3 heterocycles. The molecule has 0 spiro atoms. The summed E-state index contributed by atoms with van der Waals surface area (Å²) in [4.78, 5) is 12.5.